The Morgan fingerprint density at radius 3 is 2.75 bits per heavy atom. The molecule has 0 spiro atoms. The molecular weight excluding hydrogens is 310 g/mol. The van der Waals surface area contributed by atoms with Gasteiger partial charge in [0, 0.05) is 12.8 Å². The summed E-state index contributed by atoms with van der Waals surface area (Å²) in [7, 11) is 0. The van der Waals surface area contributed by atoms with Crippen LogP contribution in [0.1, 0.15) is 43.0 Å². The number of carbonyl (C=O) groups is 2. The second-order valence-electron chi connectivity index (χ2n) is 5.55. The number of esters is 1. The molecule has 1 heterocycles. The van der Waals surface area contributed by atoms with Crippen molar-refractivity contribution in [2.45, 2.75) is 32.3 Å². The summed E-state index contributed by atoms with van der Waals surface area (Å²) in [4.78, 5) is 27.7. The van der Waals surface area contributed by atoms with Crippen molar-refractivity contribution in [2.24, 2.45) is 0 Å². The van der Waals surface area contributed by atoms with Gasteiger partial charge in [0.25, 0.3) is 0 Å². The Kier molecular flexibility index (Phi) is 4.69. The maximum Gasteiger partial charge on any atom is 0.355 e. The number of carbonyl (C=O) groups excluding carboxylic acids is 2. The van der Waals surface area contributed by atoms with Gasteiger partial charge in [0.1, 0.15) is 5.70 Å². The third kappa shape index (κ3) is 4.28. The van der Waals surface area contributed by atoms with Gasteiger partial charge < -0.3 is 14.6 Å². The van der Waals surface area contributed by atoms with Crippen LogP contribution < -0.4 is 5.32 Å². The van der Waals surface area contributed by atoms with E-state index < -0.39 is 5.97 Å². The topological polar surface area (TPSA) is 94.3 Å². The van der Waals surface area contributed by atoms with Crippen molar-refractivity contribution in [3.8, 4) is 0 Å². The number of benzene rings is 1. The first-order chi connectivity index (χ1) is 11.6. The van der Waals surface area contributed by atoms with Crippen molar-refractivity contribution in [2.75, 3.05) is 0 Å². The van der Waals surface area contributed by atoms with Crippen LogP contribution in [0.5, 0.6) is 0 Å². The van der Waals surface area contributed by atoms with Crippen LogP contribution in [0.3, 0.4) is 0 Å². The fourth-order valence-corrected chi connectivity index (χ4v) is 2.08. The molecule has 1 aliphatic rings. The van der Waals surface area contributed by atoms with Gasteiger partial charge in [-0.2, -0.15) is 4.98 Å². The Morgan fingerprint density at radius 2 is 2.08 bits per heavy atom. The maximum atomic E-state index is 12.2. The van der Waals surface area contributed by atoms with Crippen molar-refractivity contribution in [1.29, 1.82) is 0 Å². The van der Waals surface area contributed by atoms with E-state index in [0.717, 1.165) is 18.4 Å². The molecule has 3 rings (SSSR count). The molecule has 1 aromatic carbocycles. The third-order valence-corrected chi connectivity index (χ3v) is 3.38. The molecule has 0 saturated heterocycles. The summed E-state index contributed by atoms with van der Waals surface area (Å²) in [6.07, 6.45) is 3.65. The highest BCUT2D eigenvalue weighted by Gasteiger charge is 2.29. The lowest BCUT2D eigenvalue weighted by Crippen LogP contribution is -2.26. The number of nitrogens with zero attached hydrogens (tertiary/aromatic N) is 2. The number of nitrogens with one attached hydrogen (secondary N) is 1. The lowest BCUT2D eigenvalue weighted by molar-refractivity contribution is -0.141. The molecule has 1 saturated carbocycles. The summed E-state index contributed by atoms with van der Waals surface area (Å²) < 4.78 is 10.3. The average Bonchev–Trinajstić information content (AvgIpc) is 3.31. The molecule has 0 atom stereocenters. The van der Waals surface area contributed by atoms with E-state index in [2.05, 4.69) is 15.5 Å². The Bertz CT molecular complexity index is 763. The molecule has 124 valence electrons. The zero-order valence-corrected chi connectivity index (χ0v) is 13.2. The zero-order valence-electron chi connectivity index (χ0n) is 13.2. The molecular formula is C17H17N3O4. The molecule has 0 bridgehead atoms. The van der Waals surface area contributed by atoms with Gasteiger partial charge in [0.05, 0.1) is 0 Å². The molecule has 7 heteroatoms. The highest BCUT2D eigenvalue weighted by atomic mass is 16.5. The second kappa shape index (κ2) is 7.08. The van der Waals surface area contributed by atoms with Gasteiger partial charge in [-0.1, -0.05) is 35.5 Å². The minimum Gasteiger partial charge on any atom is -0.453 e. The summed E-state index contributed by atoms with van der Waals surface area (Å²) >= 11 is 0. The number of aromatic nitrogens is 2. The van der Waals surface area contributed by atoms with E-state index in [1.807, 2.05) is 30.3 Å². The molecule has 2 aromatic rings. The van der Waals surface area contributed by atoms with Gasteiger partial charge in [-0.25, -0.2) is 4.79 Å². The normalized spacial score (nSPS) is 14.3. The van der Waals surface area contributed by atoms with Crippen LogP contribution in [0.25, 0.3) is 6.08 Å². The molecule has 7 nitrogen and oxygen atoms in total. The predicted octanol–water partition coefficient (Wildman–Crippen LogP) is 2.17. The first-order valence-electron chi connectivity index (χ1n) is 7.66. The number of rotatable bonds is 6. The first-order valence-corrected chi connectivity index (χ1v) is 7.66. The number of hydrogen-bond acceptors (Lipinski definition) is 6. The SMILES string of the molecule is CC(=O)N/C(=C\c1ccccc1)C(=O)OCc1noc(C2CC2)n1. The van der Waals surface area contributed by atoms with Crippen LogP contribution in [-0.2, 0) is 20.9 Å². The summed E-state index contributed by atoms with van der Waals surface area (Å²) in [5.74, 6) is 0.224. The summed E-state index contributed by atoms with van der Waals surface area (Å²) in [5, 5.41) is 6.26. The van der Waals surface area contributed by atoms with Crippen LogP contribution in [-0.4, -0.2) is 22.0 Å². The van der Waals surface area contributed by atoms with Crippen molar-refractivity contribution < 1.29 is 18.8 Å². The smallest absolute Gasteiger partial charge is 0.355 e. The van der Waals surface area contributed by atoms with Gasteiger partial charge >= 0.3 is 5.97 Å². The monoisotopic (exact) mass is 327 g/mol. The van der Waals surface area contributed by atoms with Crippen LogP contribution in [0.15, 0.2) is 40.6 Å². The van der Waals surface area contributed by atoms with Gasteiger partial charge in [-0.05, 0) is 24.5 Å². The fourth-order valence-electron chi connectivity index (χ4n) is 2.08. The molecule has 1 amide bonds. The van der Waals surface area contributed by atoms with E-state index in [9.17, 15) is 9.59 Å². The lowest BCUT2D eigenvalue weighted by atomic mass is 10.2. The second-order valence-corrected chi connectivity index (χ2v) is 5.55. The lowest BCUT2D eigenvalue weighted by Gasteiger charge is -2.07. The average molecular weight is 327 g/mol. The highest BCUT2D eigenvalue weighted by Crippen LogP contribution is 2.38. The highest BCUT2D eigenvalue weighted by molar-refractivity contribution is 5.97. The van der Waals surface area contributed by atoms with Crippen molar-refractivity contribution >= 4 is 18.0 Å². The van der Waals surface area contributed by atoms with E-state index in [0.29, 0.717) is 17.6 Å². The standard InChI is InChI=1S/C17H17N3O4/c1-11(21)18-14(9-12-5-3-2-4-6-12)17(22)23-10-15-19-16(24-20-15)13-7-8-13/h2-6,9,13H,7-8,10H2,1H3,(H,18,21)/b14-9-. The molecule has 1 N–H and O–H groups in total. The Morgan fingerprint density at radius 1 is 1.33 bits per heavy atom. The van der Waals surface area contributed by atoms with E-state index in [1.165, 1.54) is 6.92 Å². The maximum absolute atomic E-state index is 12.2. The Labute approximate surface area is 138 Å². The number of amides is 1. The van der Waals surface area contributed by atoms with Crippen LogP contribution in [0, 0.1) is 0 Å². The van der Waals surface area contributed by atoms with E-state index in [1.54, 1.807) is 6.08 Å². The van der Waals surface area contributed by atoms with E-state index >= 15 is 0 Å². The Hall–Kier alpha value is -2.96. The van der Waals surface area contributed by atoms with Gasteiger partial charge in [0.2, 0.25) is 17.6 Å². The molecule has 0 unspecified atom stereocenters. The van der Waals surface area contributed by atoms with Gasteiger partial charge in [-0.3, -0.25) is 4.79 Å². The largest absolute Gasteiger partial charge is 0.453 e. The third-order valence-electron chi connectivity index (χ3n) is 3.38. The molecule has 0 aliphatic heterocycles. The minimum atomic E-state index is -0.660. The molecule has 1 aliphatic carbocycles. The zero-order chi connectivity index (χ0) is 16.9. The summed E-state index contributed by atoms with van der Waals surface area (Å²) in [6.45, 7) is 1.22. The van der Waals surface area contributed by atoms with Crippen molar-refractivity contribution in [3.05, 3.63) is 53.3 Å². The van der Waals surface area contributed by atoms with Gasteiger partial charge in [-0.15, -0.1) is 0 Å². The van der Waals surface area contributed by atoms with Crippen LogP contribution in [0.2, 0.25) is 0 Å². The Balaban J connectivity index is 1.66. The van der Waals surface area contributed by atoms with Crippen molar-refractivity contribution in [1.82, 2.24) is 15.5 Å². The molecule has 24 heavy (non-hydrogen) atoms. The minimum absolute atomic E-state index is 0.0552. The summed E-state index contributed by atoms with van der Waals surface area (Å²) in [5.41, 5.74) is 0.827. The van der Waals surface area contributed by atoms with Crippen molar-refractivity contribution in [3.63, 3.8) is 0 Å². The predicted molar refractivity (Wildman–Crippen MR) is 84.3 cm³/mol. The first kappa shape index (κ1) is 15.9. The quantitative estimate of drug-likeness (QED) is 0.645. The molecule has 1 fully saturated rings. The molecule has 1 aromatic heterocycles. The van der Waals surface area contributed by atoms with E-state index in [-0.39, 0.29) is 18.2 Å². The van der Waals surface area contributed by atoms with E-state index in [4.69, 9.17) is 9.26 Å². The van der Waals surface area contributed by atoms with Crippen LogP contribution in [0.4, 0.5) is 0 Å². The molecule has 0 radical (unpaired) electrons. The number of hydrogen-bond donors (Lipinski definition) is 1. The fraction of sp³-hybridized carbons (Fsp3) is 0.294. The summed E-state index contributed by atoms with van der Waals surface area (Å²) in [6, 6.07) is 9.16. The van der Waals surface area contributed by atoms with Gasteiger partial charge in [0.15, 0.2) is 6.61 Å². The van der Waals surface area contributed by atoms with Crippen LogP contribution >= 0.6 is 0 Å². The number of ether oxygens (including phenoxy) is 1.